The third-order valence-electron chi connectivity index (χ3n) is 4.94. The second-order valence-corrected chi connectivity index (χ2v) is 6.64. The molecule has 2 heterocycles. The molecular weight excluding hydrogens is 381 g/mol. The molecule has 30 heavy (non-hydrogen) atoms. The summed E-state index contributed by atoms with van der Waals surface area (Å²) in [6.07, 6.45) is 12.4. The van der Waals surface area contributed by atoms with Crippen molar-refractivity contribution in [2.75, 3.05) is 11.1 Å². The lowest BCUT2D eigenvalue weighted by Crippen LogP contribution is -2.27. The zero-order valence-corrected chi connectivity index (χ0v) is 17.3. The lowest BCUT2D eigenvalue weighted by Gasteiger charge is -2.19. The summed E-state index contributed by atoms with van der Waals surface area (Å²) in [7, 11) is 0. The first-order chi connectivity index (χ1) is 14.5. The van der Waals surface area contributed by atoms with Crippen LogP contribution in [0, 0.1) is 12.8 Å². The van der Waals surface area contributed by atoms with Crippen molar-refractivity contribution < 1.29 is 9.18 Å². The van der Waals surface area contributed by atoms with Crippen LogP contribution in [-0.2, 0) is 0 Å². The van der Waals surface area contributed by atoms with Gasteiger partial charge < -0.3 is 16.8 Å². The highest BCUT2D eigenvalue weighted by molar-refractivity contribution is 6.02. The summed E-state index contributed by atoms with van der Waals surface area (Å²) in [6.45, 7) is 4.00. The number of alkyl halides is 1. The van der Waals surface area contributed by atoms with Crippen LogP contribution in [-0.4, -0.2) is 27.7 Å². The van der Waals surface area contributed by atoms with Crippen LogP contribution in [0.15, 0.2) is 42.7 Å². The molecule has 5 N–H and O–H groups in total. The van der Waals surface area contributed by atoms with Gasteiger partial charge in [-0.25, -0.2) is 8.91 Å². The SMILES string of the molecule is C#C.CC.NC(=O)c1cnn2cc(-c3ccccc3N)cc2c1N[C@@H]1CCC[C@@H]1F. The number of carbonyl (C=O) groups excluding carboxylic acids is 1. The van der Waals surface area contributed by atoms with Gasteiger partial charge in [0, 0.05) is 23.0 Å². The first-order valence-electron chi connectivity index (χ1n) is 9.94. The molecule has 0 bridgehead atoms. The lowest BCUT2D eigenvalue weighted by atomic mass is 10.1. The number of hydrogen-bond donors (Lipinski definition) is 3. The first kappa shape index (κ1) is 22.8. The molecule has 1 aliphatic carbocycles. The van der Waals surface area contributed by atoms with E-state index in [-0.39, 0.29) is 11.6 Å². The van der Waals surface area contributed by atoms with E-state index in [1.54, 1.807) is 4.52 Å². The summed E-state index contributed by atoms with van der Waals surface area (Å²) in [5.74, 6) is -0.599. The summed E-state index contributed by atoms with van der Waals surface area (Å²) < 4.78 is 15.8. The Morgan fingerprint density at radius 1 is 1.27 bits per heavy atom. The Balaban J connectivity index is 0.000000757. The van der Waals surface area contributed by atoms with E-state index < -0.39 is 12.1 Å². The molecule has 158 valence electrons. The number of para-hydroxylation sites is 1. The molecule has 3 aromatic rings. The molecule has 0 unspecified atom stereocenters. The Labute approximate surface area is 176 Å². The van der Waals surface area contributed by atoms with Crippen molar-refractivity contribution in [1.82, 2.24) is 9.61 Å². The van der Waals surface area contributed by atoms with E-state index in [1.807, 2.05) is 50.4 Å². The number of aromatic nitrogens is 2. The molecule has 6 nitrogen and oxygen atoms in total. The smallest absolute Gasteiger partial charge is 0.252 e. The number of fused-ring (bicyclic) bond motifs is 1. The molecule has 2 atom stereocenters. The van der Waals surface area contributed by atoms with Crippen LogP contribution in [0.5, 0.6) is 0 Å². The number of halogens is 1. The minimum absolute atomic E-state index is 0.252. The Bertz CT molecular complexity index is 1030. The van der Waals surface area contributed by atoms with Gasteiger partial charge in [0.25, 0.3) is 5.91 Å². The zero-order valence-electron chi connectivity index (χ0n) is 17.3. The maximum absolute atomic E-state index is 14.1. The minimum Gasteiger partial charge on any atom is -0.398 e. The predicted molar refractivity (Wildman–Crippen MR) is 121 cm³/mol. The van der Waals surface area contributed by atoms with Gasteiger partial charge in [0.15, 0.2) is 0 Å². The normalized spacial score (nSPS) is 17.4. The standard InChI is InChI=1S/C19H20FN5O.C2H6.C2H2/c20-14-5-3-7-16(14)24-18-13(19(22)26)9-23-25-10-11(8-17(18)25)12-4-1-2-6-15(12)21;2*1-2/h1-2,4,6,8-10,14,16,24H,3,5,7,21H2,(H2,22,26);1-2H3;1-2H/t14-,16+;;/m0../s1. The van der Waals surface area contributed by atoms with E-state index in [1.165, 1.54) is 6.20 Å². The first-order valence-corrected chi connectivity index (χ1v) is 9.94. The predicted octanol–water partition coefficient (Wildman–Crippen LogP) is 4.26. The van der Waals surface area contributed by atoms with Crippen molar-refractivity contribution in [2.24, 2.45) is 5.73 Å². The summed E-state index contributed by atoms with van der Waals surface area (Å²) in [5.41, 5.74) is 15.4. The highest BCUT2D eigenvalue weighted by Crippen LogP contribution is 2.33. The molecule has 7 heteroatoms. The average Bonchev–Trinajstić information content (AvgIpc) is 3.37. The molecule has 1 aromatic carbocycles. The summed E-state index contributed by atoms with van der Waals surface area (Å²) in [6, 6.07) is 9.06. The van der Waals surface area contributed by atoms with Crippen LogP contribution in [0.1, 0.15) is 43.5 Å². The third-order valence-corrected chi connectivity index (χ3v) is 4.94. The molecule has 4 rings (SSSR count). The van der Waals surface area contributed by atoms with Gasteiger partial charge in [-0.2, -0.15) is 5.10 Å². The topological polar surface area (TPSA) is 98.4 Å². The number of nitrogens with zero attached hydrogens (tertiary/aromatic N) is 2. The average molecular weight is 410 g/mol. The van der Waals surface area contributed by atoms with Crippen LogP contribution in [0.2, 0.25) is 0 Å². The number of nitrogen functional groups attached to an aromatic ring is 1. The van der Waals surface area contributed by atoms with Gasteiger partial charge in [0.1, 0.15) is 6.17 Å². The number of rotatable bonds is 4. The van der Waals surface area contributed by atoms with Crippen molar-refractivity contribution in [1.29, 1.82) is 0 Å². The fourth-order valence-corrected chi connectivity index (χ4v) is 3.57. The number of anilines is 2. The molecule has 0 spiro atoms. The highest BCUT2D eigenvalue weighted by Gasteiger charge is 2.29. The fourth-order valence-electron chi connectivity index (χ4n) is 3.57. The van der Waals surface area contributed by atoms with Crippen molar-refractivity contribution >= 4 is 22.8 Å². The monoisotopic (exact) mass is 409 g/mol. The number of carbonyl (C=O) groups is 1. The van der Waals surface area contributed by atoms with Gasteiger partial charge >= 0.3 is 0 Å². The molecule has 0 aliphatic heterocycles. The van der Waals surface area contributed by atoms with Crippen molar-refractivity contribution in [2.45, 2.75) is 45.3 Å². The third kappa shape index (κ3) is 4.54. The summed E-state index contributed by atoms with van der Waals surface area (Å²) >= 11 is 0. The Morgan fingerprint density at radius 3 is 2.57 bits per heavy atom. The van der Waals surface area contributed by atoms with E-state index in [0.29, 0.717) is 29.7 Å². The molecule has 0 radical (unpaired) electrons. The maximum Gasteiger partial charge on any atom is 0.252 e. The zero-order chi connectivity index (χ0) is 22.3. The number of benzene rings is 1. The van der Waals surface area contributed by atoms with Crippen molar-refractivity contribution in [3.8, 4) is 24.0 Å². The van der Waals surface area contributed by atoms with Crippen LogP contribution in [0.4, 0.5) is 15.8 Å². The van der Waals surface area contributed by atoms with Crippen molar-refractivity contribution in [3.63, 3.8) is 0 Å². The van der Waals surface area contributed by atoms with Crippen LogP contribution in [0.25, 0.3) is 16.6 Å². The van der Waals surface area contributed by atoms with E-state index in [0.717, 1.165) is 17.5 Å². The highest BCUT2D eigenvalue weighted by atomic mass is 19.1. The number of nitrogens with two attached hydrogens (primary N) is 2. The second-order valence-electron chi connectivity index (χ2n) is 6.64. The van der Waals surface area contributed by atoms with Gasteiger partial charge in [-0.1, -0.05) is 32.0 Å². The number of amides is 1. The van der Waals surface area contributed by atoms with E-state index >= 15 is 0 Å². The molecule has 2 aromatic heterocycles. The summed E-state index contributed by atoms with van der Waals surface area (Å²) in [5, 5.41) is 7.47. The van der Waals surface area contributed by atoms with Crippen LogP contribution >= 0.6 is 0 Å². The molecule has 1 fully saturated rings. The van der Waals surface area contributed by atoms with Gasteiger partial charge in [0.05, 0.1) is 29.0 Å². The van der Waals surface area contributed by atoms with Crippen molar-refractivity contribution in [3.05, 3.63) is 48.3 Å². The van der Waals surface area contributed by atoms with Crippen LogP contribution in [0.3, 0.4) is 0 Å². The van der Waals surface area contributed by atoms with E-state index in [4.69, 9.17) is 11.5 Å². The number of nitrogens with one attached hydrogen (secondary N) is 1. The number of hydrogen-bond acceptors (Lipinski definition) is 4. The largest absolute Gasteiger partial charge is 0.398 e. The maximum atomic E-state index is 14.1. The Morgan fingerprint density at radius 2 is 1.97 bits per heavy atom. The Kier molecular flexibility index (Phi) is 7.82. The molecule has 1 aliphatic rings. The molecule has 1 saturated carbocycles. The van der Waals surface area contributed by atoms with Gasteiger partial charge in [-0.05, 0) is 31.4 Å². The molecular formula is C23H28FN5O. The van der Waals surface area contributed by atoms with Crippen LogP contribution < -0.4 is 16.8 Å². The Hall–Kier alpha value is -3.53. The molecule has 0 saturated heterocycles. The van der Waals surface area contributed by atoms with Gasteiger partial charge in [-0.3, -0.25) is 4.79 Å². The fraction of sp³-hybridized carbons (Fsp3) is 0.304. The lowest BCUT2D eigenvalue weighted by molar-refractivity contribution is 0.100. The van der Waals surface area contributed by atoms with Gasteiger partial charge in [0.2, 0.25) is 0 Å². The quantitative estimate of drug-likeness (QED) is 0.443. The second kappa shape index (κ2) is 10.3. The van der Waals surface area contributed by atoms with E-state index in [2.05, 4.69) is 23.3 Å². The number of terminal acetylenes is 1. The van der Waals surface area contributed by atoms with E-state index in [9.17, 15) is 9.18 Å². The summed E-state index contributed by atoms with van der Waals surface area (Å²) in [4.78, 5) is 11.9. The molecule has 1 amide bonds. The van der Waals surface area contributed by atoms with Gasteiger partial charge in [-0.15, -0.1) is 12.8 Å². The minimum atomic E-state index is -0.942. The number of primary amides is 1.